The maximum Gasteiger partial charge on any atom is 0.253 e. The van der Waals surface area contributed by atoms with E-state index in [9.17, 15) is 4.79 Å². The highest BCUT2D eigenvalue weighted by molar-refractivity contribution is 14.0. The number of amides is 1. The Hall–Kier alpha value is -2.00. The molecule has 0 aliphatic rings. The number of hydrogen-bond acceptors (Lipinski definition) is 3. The molecular weight excluding hydrogens is 479 g/mol. The van der Waals surface area contributed by atoms with Crippen LogP contribution in [0.2, 0.25) is 5.02 Å². The van der Waals surface area contributed by atoms with Gasteiger partial charge in [-0.15, -0.1) is 24.0 Å². The van der Waals surface area contributed by atoms with Crippen LogP contribution in [0.25, 0.3) is 0 Å². The van der Waals surface area contributed by atoms with Gasteiger partial charge in [0, 0.05) is 31.9 Å². The van der Waals surface area contributed by atoms with Crippen LogP contribution >= 0.6 is 35.6 Å². The summed E-state index contributed by atoms with van der Waals surface area (Å²) in [5.74, 6) is 0.875. The van der Waals surface area contributed by atoms with Gasteiger partial charge in [-0.1, -0.05) is 23.7 Å². The van der Waals surface area contributed by atoms with E-state index >= 15 is 0 Å². The molecule has 146 valence electrons. The van der Waals surface area contributed by atoms with E-state index in [1.807, 2.05) is 24.3 Å². The summed E-state index contributed by atoms with van der Waals surface area (Å²) in [6.45, 7) is 0.502. The quantitative estimate of drug-likeness (QED) is 0.359. The van der Waals surface area contributed by atoms with Crippen molar-refractivity contribution in [1.82, 2.24) is 4.90 Å². The number of nitrogens with zero attached hydrogens (tertiary/aromatic N) is 2. The first kappa shape index (κ1) is 23.0. The second kappa shape index (κ2) is 11.0. The largest absolute Gasteiger partial charge is 0.495 e. The SMILES string of the molecule is COc1ccc(NC(N)=NCCc2cccc(C(=O)N(C)C)c2)cc1Cl.I. The van der Waals surface area contributed by atoms with Crippen LogP contribution in [-0.2, 0) is 6.42 Å². The van der Waals surface area contributed by atoms with Crippen LogP contribution < -0.4 is 15.8 Å². The predicted molar refractivity (Wildman–Crippen MR) is 122 cm³/mol. The van der Waals surface area contributed by atoms with Crippen LogP contribution in [0.5, 0.6) is 5.75 Å². The molecule has 0 aliphatic carbocycles. The van der Waals surface area contributed by atoms with Crippen molar-refractivity contribution in [2.75, 3.05) is 33.1 Å². The molecule has 1 amide bonds. The Kier molecular flexibility index (Phi) is 9.37. The van der Waals surface area contributed by atoms with E-state index in [1.54, 1.807) is 44.3 Å². The van der Waals surface area contributed by atoms with Crippen LogP contribution in [0, 0.1) is 0 Å². The first-order valence-corrected chi connectivity index (χ1v) is 8.49. The number of halogens is 2. The van der Waals surface area contributed by atoms with Crippen LogP contribution in [-0.4, -0.2) is 44.5 Å². The molecule has 0 spiro atoms. The molecule has 2 rings (SSSR count). The Labute approximate surface area is 181 Å². The first-order chi connectivity index (χ1) is 12.4. The highest BCUT2D eigenvalue weighted by Gasteiger charge is 2.08. The molecule has 0 aliphatic heterocycles. The number of hydrogen-bond donors (Lipinski definition) is 2. The standard InChI is InChI=1S/C19H23ClN4O2.HI/c1-24(2)18(25)14-6-4-5-13(11-14)9-10-22-19(21)23-15-7-8-17(26-3)16(20)12-15;/h4-8,11-12H,9-10H2,1-3H3,(H3,21,22,23);1H. The number of anilines is 1. The van der Waals surface area contributed by atoms with Gasteiger partial charge in [0.25, 0.3) is 5.91 Å². The van der Waals surface area contributed by atoms with Gasteiger partial charge in [0.15, 0.2) is 5.96 Å². The second-order valence-corrected chi connectivity index (χ2v) is 6.30. The number of nitrogens with one attached hydrogen (secondary N) is 1. The molecule has 2 aromatic carbocycles. The van der Waals surface area contributed by atoms with E-state index in [2.05, 4.69) is 10.3 Å². The third-order valence-electron chi connectivity index (χ3n) is 3.69. The average molecular weight is 503 g/mol. The normalized spacial score (nSPS) is 10.7. The van der Waals surface area contributed by atoms with Gasteiger partial charge in [-0.2, -0.15) is 0 Å². The molecule has 27 heavy (non-hydrogen) atoms. The Balaban J connectivity index is 0.00000364. The molecule has 0 atom stereocenters. The minimum Gasteiger partial charge on any atom is -0.495 e. The first-order valence-electron chi connectivity index (χ1n) is 8.11. The Morgan fingerprint density at radius 3 is 2.63 bits per heavy atom. The van der Waals surface area contributed by atoms with Gasteiger partial charge in [-0.3, -0.25) is 9.79 Å². The number of aliphatic imine (C=N–C) groups is 1. The van der Waals surface area contributed by atoms with Crippen molar-refractivity contribution >= 4 is 53.1 Å². The number of rotatable bonds is 6. The zero-order valence-electron chi connectivity index (χ0n) is 15.5. The van der Waals surface area contributed by atoms with Gasteiger partial charge < -0.3 is 20.7 Å². The van der Waals surface area contributed by atoms with E-state index in [1.165, 1.54) is 0 Å². The van der Waals surface area contributed by atoms with Gasteiger partial charge >= 0.3 is 0 Å². The van der Waals surface area contributed by atoms with Crippen molar-refractivity contribution in [1.29, 1.82) is 0 Å². The lowest BCUT2D eigenvalue weighted by atomic mass is 10.1. The van der Waals surface area contributed by atoms with E-state index in [-0.39, 0.29) is 29.9 Å². The van der Waals surface area contributed by atoms with Crippen LogP contribution in [0.1, 0.15) is 15.9 Å². The summed E-state index contributed by atoms with van der Waals surface area (Å²) in [4.78, 5) is 17.9. The summed E-state index contributed by atoms with van der Waals surface area (Å²) in [5.41, 5.74) is 8.34. The number of guanidine groups is 1. The number of carbonyl (C=O) groups is 1. The van der Waals surface area contributed by atoms with E-state index in [0.29, 0.717) is 35.3 Å². The number of benzene rings is 2. The summed E-state index contributed by atoms with van der Waals surface area (Å²) in [6, 6.07) is 12.8. The van der Waals surface area contributed by atoms with Gasteiger partial charge in [-0.25, -0.2) is 0 Å². The molecule has 0 saturated heterocycles. The van der Waals surface area contributed by atoms with E-state index in [4.69, 9.17) is 22.1 Å². The molecule has 0 unspecified atom stereocenters. The third kappa shape index (κ3) is 6.91. The summed E-state index contributed by atoms with van der Waals surface area (Å²) in [6.07, 6.45) is 0.681. The van der Waals surface area contributed by atoms with Crippen molar-refractivity contribution in [3.05, 3.63) is 58.6 Å². The Morgan fingerprint density at radius 1 is 1.26 bits per heavy atom. The maximum atomic E-state index is 12.0. The number of ether oxygens (including phenoxy) is 1. The zero-order chi connectivity index (χ0) is 19.1. The zero-order valence-corrected chi connectivity index (χ0v) is 18.6. The van der Waals surface area contributed by atoms with E-state index < -0.39 is 0 Å². The molecule has 0 saturated carbocycles. The van der Waals surface area contributed by atoms with Gasteiger partial charge in [0.2, 0.25) is 0 Å². The van der Waals surface area contributed by atoms with Crippen molar-refractivity contribution in [3.8, 4) is 5.75 Å². The highest BCUT2D eigenvalue weighted by Crippen LogP contribution is 2.27. The van der Waals surface area contributed by atoms with Crippen LogP contribution in [0.15, 0.2) is 47.5 Å². The fraction of sp³-hybridized carbons (Fsp3) is 0.263. The van der Waals surface area contributed by atoms with Crippen LogP contribution in [0.3, 0.4) is 0 Å². The van der Waals surface area contributed by atoms with Gasteiger partial charge in [0.05, 0.1) is 12.1 Å². The molecule has 2 aromatic rings. The Morgan fingerprint density at radius 2 is 2.00 bits per heavy atom. The summed E-state index contributed by atoms with van der Waals surface area (Å²) >= 11 is 6.08. The minimum atomic E-state index is -0.0204. The summed E-state index contributed by atoms with van der Waals surface area (Å²) in [5, 5.41) is 3.49. The molecule has 0 radical (unpaired) electrons. The van der Waals surface area contributed by atoms with E-state index in [0.717, 1.165) is 11.3 Å². The third-order valence-corrected chi connectivity index (χ3v) is 3.98. The highest BCUT2D eigenvalue weighted by atomic mass is 127. The molecule has 6 nitrogen and oxygen atoms in total. The molecule has 0 heterocycles. The molecule has 0 fully saturated rings. The lowest BCUT2D eigenvalue weighted by Crippen LogP contribution is -2.23. The fourth-order valence-electron chi connectivity index (χ4n) is 2.36. The lowest BCUT2D eigenvalue weighted by Gasteiger charge is -2.11. The van der Waals surface area contributed by atoms with Crippen LogP contribution in [0.4, 0.5) is 5.69 Å². The van der Waals surface area contributed by atoms with Crippen molar-refractivity contribution in [2.24, 2.45) is 10.7 Å². The average Bonchev–Trinajstić information content (AvgIpc) is 2.61. The predicted octanol–water partition coefficient (Wildman–Crippen LogP) is 3.64. The molecule has 8 heteroatoms. The minimum absolute atomic E-state index is 0. The van der Waals surface area contributed by atoms with Crippen molar-refractivity contribution < 1.29 is 9.53 Å². The van der Waals surface area contributed by atoms with Gasteiger partial charge in [0.1, 0.15) is 5.75 Å². The molecule has 0 bridgehead atoms. The topological polar surface area (TPSA) is 80.0 Å². The lowest BCUT2D eigenvalue weighted by molar-refractivity contribution is 0.0827. The summed E-state index contributed by atoms with van der Waals surface area (Å²) in [7, 11) is 5.03. The number of carbonyl (C=O) groups excluding carboxylic acids is 1. The van der Waals surface area contributed by atoms with Gasteiger partial charge in [-0.05, 0) is 42.3 Å². The number of methoxy groups -OCH3 is 1. The van der Waals surface area contributed by atoms with Crippen molar-refractivity contribution in [2.45, 2.75) is 6.42 Å². The summed E-state index contributed by atoms with van der Waals surface area (Å²) < 4.78 is 5.11. The number of nitrogens with two attached hydrogens (primary N) is 1. The smallest absolute Gasteiger partial charge is 0.253 e. The molecule has 3 N–H and O–H groups in total. The second-order valence-electron chi connectivity index (χ2n) is 5.89. The van der Waals surface area contributed by atoms with Crippen molar-refractivity contribution in [3.63, 3.8) is 0 Å². The monoisotopic (exact) mass is 502 g/mol. The molecule has 0 aromatic heterocycles. The Bertz CT molecular complexity index is 812. The molecular formula is C19H24ClIN4O2. The maximum absolute atomic E-state index is 12.0. The fourth-order valence-corrected chi connectivity index (χ4v) is 2.61.